The zero-order valence-corrected chi connectivity index (χ0v) is 73.5. The maximum absolute atomic E-state index is 14.7. The smallest absolute Gasteiger partial charge is 0.258 e. The lowest BCUT2D eigenvalue weighted by atomic mass is 10.00. The van der Waals surface area contributed by atoms with Crippen molar-refractivity contribution in [2.75, 3.05) is 93.4 Å². The number of carbonyl (C=O) groups excluding carboxylic acids is 4. The van der Waals surface area contributed by atoms with Gasteiger partial charge in [-0.25, -0.2) is 61.8 Å². The van der Waals surface area contributed by atoms with Crippen LogP contribution in [0.4, 0.5) is 64.4 Å². The van der Waals surface area contributed by atoms with Gasteiger partial charge in [-0.1, -0.05) is 115 Å². The molecule has 26 nitrogen and oxygen atoms in total. The summed E-state index contributed by atoms with van der Waals surface area (Å²) in [4.78, 5) is 73.4. The average Bonchev–Trinajstić information content (AvgIpc) is 1.67. The minimum absolute atomic E-state index is 0.0358. The topological polar surface area (TPSA) is 356 Å². The fourth-order valence-corrected chi connectivity index (χ4v) is 22.1. The van der Waals surface area contributed by atoms with E-state index < -0.39 is 75.3 Å². The molecule has 6 N–H and O–H groups in total. The number of fused-ring (bicyclic) bond motifs is 4. The van der Waals surface area contributed by atoms with Gasteiger partial charge < -0.3 is 27.0 Å². The Bertz CT molecular complexity index is 7500. The number of aromatic nitrogens is 5. The maximum atomic E-state index is 14.7. The van der Waals surface area contributed by atoms with Gasteiger partial charge in [0.15, 0.2) is 5.82 Å². The highest BCUT2D eigenvalue weighted by atomic mass is 32.2. The molecule has 4 saturated heterocycles. The summed E-state index contributed by atoms with van der Waals surface area (Å²) in [6.07, 6.45) is 7.21. The number of rotatable bonds is 16. The molecule has 0 radical (unpaired) electrons. The van der Waals surface area contributed by atoms with Crippen molar-refractivity contribution in [3.63, 3.8) is 0 Å². The first-order chi connectivity index (χ1) is 63.6. The number of nitrogens with two attached hydrogens (primary N) is 1. The van der Waals surface area contributed by atoms with Gasteiger partial charge in [0.1, 0.15) is 17.5 Å². The van der Waals surface area contributed by atoms with Crippen molar-refractivity contribution >= 4 is 158 Å². The van der Waals surface area contributed by atoms with Gasteiger partial charge in [-0.3, -0.25) is 46.4 Å². The van der Waals surface area contributed by atoms with Crippen LogP contribution in [0.1, 0.15) is 67.1 Å². The van der Waals surface area contributed by atoms with Crippen LogP contribution < -0.4 is 44.2 Å². The van der Waals surface area contributed by atoms with E-state index in [1.165, 1.54) is 53.6 Å². The van der Waals surface area contributed by atoms with Gasteiger partial charge >= 0.3 is 0 Å². The van der Waals surface area contributed by atoms with Gasteiger partial charge in [0.2, 0.25) is 40.1 Å². The number of halogens is 3. The van der Waals surface area contributed by atoms with Crippen LogP contribution in [0.2, 0.25) is 0 Å². The van der Waals surface area contributed by atoms with E-state index in [-0.39, 0.29) is 62.7 Å². The van der Waals surface area contributed by atoms with E-state index in [0.717, 1.165) is 101 Å². The third kappa shape index (κ3) is 19.8. The van der Waals surface area contributed by atoms with Gasteiger partial charge in [-0.2, -0.15) is 0 Å². The second-order valence-electron chi connectivity index (χ2n) is 31.3. The van der Waals surface area contributed by atoms with Crippen LogP contribution >= 0.6 is 0 Å². The van der Waals surface area contributed by atoms with E-state index in [1.807, 2.05) is 152 Å². The second-order valence-corrected chi connectivity index (χ2v) is 39.4. The molecule has 0 saturated carbocycles. The minimum Gasteiger partial charge on any atom is -0.398 e. The molecule has 33 heteroatoms. The molecule has 4 aromatic heterocycles. The summed E-state index contributed by atoms with van der Waals surface area (Å²) >= 11 is 0. The van der Waals surface area contributed by atoms with E-state index in [1.54, 1.807) is 97.5 Å². The monoisotopic (exact) mass is 1840 g/mol. The molecule has 16 aromatic rings. The molecule has 20 rings (SSSR count). The van der Waals surface area contributed by atoms with E-state index in [4.69, 9.17) is 5.73 Å². The van der Waals surface area contributed by atoms with Crippen LogP contribution in [0.25, 0.3) is 88.5 Å². The van der Waals surface area contributed by atoms with Crippen molar-refractivity contribution in [3.05, 3.63) is 349 Å². The normalized spacial score (nSPS) is 15.0. The Morgan fingerprint density at radius 2 is 0.750 bits per heavy atom. The predicted octanol–water partition coefficient (Wildman–Crippen LogP) is 18.2. The van der Waals surface area contributed by atoms with Gasteiger partial charge in [0, 0.05) is 117 Å². The van der Waals surface area contributed by atoms with Gasteiger partial charge in [0.05, 0.1) is 90.4 Å². The Kier molecular flexibility index (Phi) is 25.4. The number of para-hydroxylation sites is 2. The Hall–Kier alpha value is -15.3. The van der Waals surface area contributed by atoms with Crippen molar-refractivity contribution in [2.45, 2.75) is 25.7 Å². The Morgan fingerprint density at radius 3 is 1.27 bits per heavy atom. The molecule has 0 bridgehead atoms. The number of sulfonamides is 4. The molecule has 4 aliphatic heterocycles. The molecule has 132 heavy (non-hydrogen) atoms. The molecule has 0 aliphatic carbocycles. The quantitative estimate of drug-likeness (QED) is 0.0561. The van der Waals surface area contributed by atoms with Crippen molar-refractivity contribution in [1.82, 2.24) is 24.9 Å². The molecule has 0 unspecified atom stereocenters. The Morgan fingerprint density at radius 1 is 0.318 bits per heavy atom. The number of hydrogen-bond acceptors (Lipinski definition) is 18. The fourth-order valence-electron chi connectivity index (χ4n) is 15.9. The minimum atomic E-state index is -3.43. The van der Waals surface area contributed by atoms with E-state index in [2.05, 4.69) is 52.3 Å². The highest BCUT2D eigenvalue weighted by molar-refractivity contribution is 7.94. The first-order valence-corrected chi connectivity index (χ1v) is 48.3. The largest absolute Gasteiger partial charge is 0.398 e. The molecular formula is C99H81F3N14O12S4. The summed E-state index contributed by atoms with van der Waals surface area (Å²) in [5, 5.41) is 15.9. The van der Waals surface area contributed by atoms with Crippen LogP contribution in [0.15, 0.2) is 310 Å². The van der Waals surface area contributed by atoms with Crippen molar-refractivity contribution in [2.24, 2.45) is 0 Å². The SMILES string of the molecule is Nc1cccc2cc(-c3cccc(NC(=O)c4ccc(N5CCCS5(=O)=O)cc4)c3)ccc12.O=C(Nc1cccc(-c2ccc3ccccc3n2)c1)c1ccc(N2CCCS2(=O)=O)cc1F.O=C(Nc1cccc(-c2ncc3ccccc3n2)c1)c1ccc(N2CCCS2(=O)=O)cc1F.O=C(Nc1cccc(-c2nccc3ncccc23)c1)c1ccc(N2CCCS2(=O)=O)cc1F. The van der Waals surface area contributed by atoms with Crippen LogP contribution in [-0.4, -0.2) is 131 Å². The number of nitrogen functional groups attached to an aromatic ring is 1. The first kappa shape index (κ1) is 88.7. The average molecular weight is 1840 g/mol. The summed E-state index contributed by atoms with van der Waals surface area (Å²) in [5.41, 5.74) is 18.4. The molecule has 0 atom stereocenters. The molecule has 12 aromatic carbocycles. The molecule has 4 amide bonds. The fraction of sp³-hybridized carbons (Fsp3) is 0.121. The Labute approximate surface area is 757 Å². The summed E-state index contributed by atoms with van der Waals surface area (Å²) in [7, 11) is -13.5. The van der Waals surface area contributed by atoms with Crippen molar-refractivity contribution < 1.29 is 66.0 Å². The molecule has 4 aliphatic rings. The molecule has 664 valence electrons. The highest BCUT2D eigenvalue weighted by Crippen LogP contribution is 2.36. The zero-order chi connectivity index (χ0) is 92.0. The van der Waals surface area contributed by atoms with Crippen LogP contribution in [0, 0.1) is 17.5 Å². The number of anilines is 9. The number of pyridine rings is 3. The number of nitrogens with one attached hydrogen (secondary N) is 4. The van der Waals surface area contributed by atoms with Crippen LogP contribution in [0.3, 0.4) is 0 Å². The lowest BCUT2D eigenvalue weighted by molar-refractivity contribution is 0.101. The van der Waals surface area contributed by atoms with E-state index >= 15 is 0 Å². The number of hydrogen-bond donors (Lipinski definition) is 5. The van der Waals surface area contributed by atoms with Crippen LogP contribution in [-0.2, 0) is 40.1 Å². The van der Waals surface area contributed by atoms with Gasteiger partial charge in [-0.05, 0) is 218 Å². The molecular weight excluding hydrogens is 1760 g/mol. The molecule has 8 heterocycles. The number of carbonyl (C=O) groups is 4. The maximum Gasteiger partial charge on any atom is 0.258 e. The number of amides is 4. The highest BCUT2D eigenvalue weighted by Gasteiger charge is 2.34. The summed E-state index contributed by atoms with van der Waals surface area (Å²) in [6, 6.07) is 83.9. The van der Waals surface area contributed by atoms with E-state index in [9.17, 15) is 66.0 Å². The summed E-state index contributed by atoms with van der Waals surface area (Å²) < 4.78 is 146. The molecule has 0 spiro atoms. The summed E-state index contributed by atoms with van der Waals surface area (Å²) in [5.74, 6) is -3.72. The number of benzene rings is 12. The molecule has 4 fully saturated rings. The second kappa shape index (κ2) is 37.8. The van der Waals surface area contributed by atoms with Gasteiger partial charge in [0.25, 0.3) is 23.6 Å². The van der Waals surface area contributed by atoms with E-state index in [0.29, 0.717) is 97.3 Å². The third-order valence-electron chi connectivity index (χ3n) is 22.4. The lowest BCUT2D eigenvalue weighted by Gasteiger charge is -2.17. The summed E-state index contributed by atoms with van der Waals surface area (Å²) in [6.45, 7) is 1.39. The lowest BCUT2D eigenvalue weighted by Crippen LogP contribution is -2.25. The van der Waals surface area contributed by atoms with Crippen molar-refractivity contribution in [3.8, 4) is 45.0 Å². The Balaban J connectivity index is 0.000000123. The zero-order valence-electron chi connectivity index (χ0n) is 70.2. The predicted molar refractivity (Wildman–Crippen MR) is 511 cm³/mol. The number of nitrogens with zero attached hydrogens (tertiary/aromatic N) is 9. The third-order valence-corrected chi connectivity index (χ3v) is 29.9. The van der Waals surface area contributed by atoms with Crippen LogP contribution in [0.5, 0.6) is 0 Å². The first-order valence-electron chi connectivity index (χ1n) is 41.9. The standard InChI is InChI=1S/C26H23N3O3S.C25H20FN3O3S.2C24H19FN4O3S/c27-25-7-2-5-21-16-20(10-13-24(21)25)19-4-1-6-22(17-19)28-26(30)18-8-11-23(12-9-18)29-14-3-15-33(29,31)32;26-22-16-20(29-13-4-14-33(29,31)32)10-11-21(22)25(30)27-19-7-3-6-18(15-19)24-12-9-17-5-1-2-8-23(17)28-24;25-21-15-18(29-12-3-13-33(29,31)32)7-8-19(21)24(30)28-17-5-1-4-16(14-17)23-20-6-2-10-26-22(20)9-11-27-23;25-21-14-19(29-11-4-12-33(29,31)32)9-10-20(21)24(30)27-18-7-3-6-16(13-18)23-26-15-17-5-1-2-8-22(17)28-23/h1-2,4-13,16-17H,3,14-15,27H2,(H,28,30);1-3,5-12,15-16H,4,13-14H2,(H,27,30);1-2,4-11,14-15H,3,12-13H2,(H,28,30);1-3,5-10,13-15H,4,11-12H2,(H,27,30). The van der Waals surface area contributed by atoms with Crippen molar-refractivity contribution in [1.29, 1.82) is 0 Å². The van der Waals surface area contributed by atoms with Gasteiger partial charge in [-0.15, -0.1) is 0 Å².